The molecule has 0 bridgehead atoms. The van der Waals surface area contributed by atoms with Crippen molar-refractivity contribution in [3.8, 4) is 5.75 Å². The van der Waals surface area contributed by atoms with Gasteiger partial charge in [0.05, 0.1) is 13.2 Å². The molecule has 0 aliphatic carbocycles. The first kappa shape index (κ1) is 22.2. The lowest BCUT2D eigenvalue weighted by atomic mass is 9.96. The summed E-state index contributed by atoms with van der Waals surface area (Å²) >= 11 is 0. The highest BCUT2D eigenvalue weighted by Gasteiger charge is 2.27. The molecule has 0 saturated heterocycles. The van der Waals surface area contributed by atoms with E-state index in [9.17, 15) is 4.79 Å². The molecule has 4 nitrogen and oxygen atoms in total. The molecule has 0 aliphatic rings. The minimum atomic E-state index is -0.250. The Morgan fingerprint density at radius 2 is 1.33 bits per heavy atom. The molecule has 166 valence electrons. The summed E-state index contributed by atoms with van der Waals surface area (Å²) in [6.07, 6.45) is 0. The summed E-state index contributed by atoms with van der Waals surface area (Å²) in [5, 5.41) is 3.09. The normalized spacial score (nSPS) is 10.6. The van der Waals surface area contributed by atoms with Crippen LogP contribution in [0, 0.1) is 6.92 Å². The van der Waals surface area contributed by atoms with Crippen LogP contribution in [0.25, 0.3) is 0 Å². The van der Waals surface area contributed by atoms with Crippen molar-refractivity contribution < 1.29 is 9.53 Å². The number of methoxy groups -OCH3 is 1. The van der Waals surface area contributed by atoms with Gasteiger partial charge in [0.2, 0.25) is 0 Å². The van der Waals surface area contributed by atoms with Gasteiger partial charge in [-0.2, -0.15) is 0 Å². The lowest BCUT2D eigenvalue weighted by Gasteiger charge is -2.33. The molecule has 0 aromatic heterocycles. The van der Waals surface area contributed by atoms with E-state index >= 15 is 0 Å². The van der Waals surface area contributed by atoms with Crippen LogP contribution in [-0.4, -0.2) is 18.0 Å². The number of urea groups is 1. The molecule has 0 saturated carbocycles. The minimum absolute atomic E-state index is 0.160. The molecule has 1 N–H and O–H groups in total. The summed E-state index contributed by atoms with van der Waals surface area (Å²) in [6, 6.07) is 35.6. The van der Waals surface area contributed by atoms with E-state index in [0.29, 0.717) is 6.54 Å². The number of aryl methyl sites for hydroxylation is 1. The van der Waals surface area contributed by atoms with Crippen molar-refractivity contribution in [1.29, 1.82) is 0 Å². The number of carbonyl (C=O) groups is 1. The van der Waals surface area contributed by atoms with Gasteiger partial charge in [0.15, 0.2) is 0 Å². The van der Waals surface area contributed by atoms with Gasteiger partial charge in [-0.3, -0.25) is 0 Å². The van der Waals surface area contributed by atoms with E-state index in [2.05, 4.69) is 29.6 Å². The lowest BCUT2D eigenvalue weighted by Crippen LogP contribution is -2.38. The topological polar surface area (TPSA) is 41.6 Å². The fourth-order valence-electron chi connectivity index (χ4n) is 3.86. The van der Waals surface area contributed by atoms with Crippen molar-refractivity contribution in [3.63, 3.8) is 0 Å². The van der Waals surface area contributed by atoms with Crippen LogP contribution in [0.1, 0.15) is 28.3 Å². The number of nitrogens with zero attached hydrogens (tertiary/aromatic N) is 1. The number of carbonyl (C=O) groups excluding carboxylic acids is 1. The molecule has 0 spiro atoms. The van der Waals surface area contributed by atoms with E-state index in [4.69, 9.17) is 4.74 Å². The second-order valence-corrected chi connectivity index (χ2v) is 8.00. The maximum atomic E-state index is 13.7. The quantitative estimate of drug-likeness (QED) is 0.345. The van der Waals surface area contributed by atoms with Gasteiger partial charge < -0.3 is 15.0 Å². The zero-order valence-corrected chi connectivity index (χ0v) is 18.9. The van der Waals surface area contributed by atoms with Crippen molar-refractivity contribution >= 4 is 11.7 Å². The number of hydrogen-bond donors (Lipinski definition) is 1. The van der Waals surface area contributed by atoms with E-state index in [-0.39, 0.29) is 12.1 Å². The molecule has 4 rings (SSSR count). The van der Waals surface area contributed by atoms with Crippen molar-refractivity contribution in [2.45, 2.75) is 19.5 Å². The van der Waals surface area contributed by atoms with E-state index in [1.165, 1.54) is 0 Å². The number of hydrogen-bond acceptors (Lipinski definition) is 2. The Balaban J connectivity index is 1.74. The third-order valence-corrected chi connectivity index (χ3v) is 5.62. The largest absolute Gasteiger partial charge is 0.497 e. The Hall–Kier alpha value is -4.05. The summed E-state index contributed by atoms with van der Waals surface area (Å²) < 4.78 is 5.30. The Morgan fingerprint density at radius 3 is 1.85 bits per heavy atom. The summed E-state index contributed by atoms with van der Waals surface area (Å²) in [4.78, 5) is 15.6. The van der Waals surface area contributed by atoms with Crippen molar-refractivity contribution in [2.24, 2.45) is 0 Å². The second-order valence-electron chi connectivity index (χ2n) is 8.00. The molecule has 4 heteroatoms. The van der Waals surface area contributed by atoms with Crippen molar-refractivity contribution in [1.82, 2.24) is 4.90 Å². The average molecular weight is 437 g/mol. The maximum Gasteiger partial charge on any atom is 0.322 e. The summed E-state index contributed by atoms with van der Waals surface area (Å²) in [5.74, 6) is 0.789. The van der Waals surface area contributed by atoms with Gasteiger partial charge in [-0.05, 0) is 47.9 Å². The third kappa shape index (κ3) is 5.60. The van der Waals surface area contributed by atoms with Gasteiger partial charge in [-0.25, -0.2) is 4.79 Å². The number of ether oxygens (including phenoxy) is 1. The van der Waals surface area contributed by atoms with Crippen LogP contribution >= 0.6 is 0 Å². The predicted octanol–water partition coefficient (Wildman–Crippen LogP) is 6.83. The summed E-state index contributed by atoms with van der Waals surface area (Å²) in [6.45, 7) is 2.47. The van der Waals surface area contributed by atoms with Crippen LogP contribution in [0.3, 0.4) is 0 Å². The average Bonchev–Trinajstić information content (AvgIpc) is 2.87. The first-order valence-corrected chi connectivity index (χ1v) is 11.0. The Bertz CT molecular complexity index is 1120. The molecular weight excluding hydrogens is 408 g/mol. The molecule has 0 heterocycles. The smallest absolute Gasteiger partial charge is 0.322 e. The molecule has 0 aliphatic heterocycles. The zero-order valence-electron chi connectivity index (χ0n) is 18.9. The van der Waals surface area contributed by atoms with Gasteiger partial charge in [-0.15, -0.1) is 0 Å². The van der Waals surface area contributed by atoms with Gasteiger partial charge in [-0.1, -0.05) is 90.5 Å². The molecule has 4 aromatic rings. The zero-order chi connectivity index (χ0) is 23.0. The van der Waals surface area contributed by atoms with E-state index in [1.54, 1.807) is 7.11 Å². The van der Waals surface area contributed by atoms with Crippen LogP contribution < -0.4 is 10.1 Å². The molecule has 0 radical (unpaired) electrons. The van der Waals surface area contributed by atoms with Crippen LogP contribution in [0.15, 0.2) is 109 Å². The molecular formula is C29H28N2O2. The van der Waals surface area contributed by atoms with Crippen LogP contribution in [0.4, 0.5) is 10.5 Å². The molecule has 33 heavy (non-hydrogen) atoms. The highest BCUT2D eigenvalue weighted by atomic mass is 16.5. The van der Waals surface area contributed by atoms with Gasteiger partial charge >= 0.3 is 6.03 Å². The van der Waals surface area contributed by atoms with Crippen LogP contribution in [0.5, 0.6) is 5.75 Å². The van der Waals surface area contributed by atoms with Crippen LogP contribution in [0.2, 0.25) is 0 Å². The van der Waals surface area contributed by atoms with Crippen molar-refractivity contribution in [2.75, 3.05) is 12.4 Å². The fraction of sp³-hybridized carbons (Fsp3) is 0.138. The fourth-order valence-corrected chi connectivity index (χ4v) is 3.86. The Kier molecular flexibility index (Phi) is 7.06. The lowest BCUT2D eigenvalue weighted by molar-refractivity contribution is 0.194. The first-order chi connectivity index (χ1) is 16.1. The monoisotopic (exact) mass is 436 g/mol. The molecule has 0 fully saturated rings. The standard InChI is InChI=1S/C29H28N2O2/c1-22-13-17-26(18-14-22)30-29(32)31(21-23-15-19-27(33-2)20-16-23)28(24-9-5-3-6-10-24)25-11-7-4-8-12-25/h3-20,28H,21H2,1-2H3,(H,30,32). The second kappa shape index (κ2) is 10.5. The highest BCUT2D eigenvalue weighted by Crippen LogP contribution is 2.31. The predicted molar refractivity (Wildman–Crippen MR) is 133 cm³/mol. The number of benzene rings is 4. The molecule has 2 amide bonds. The first-order valence-electron chi connectivity index (χ1n) is 11.0. The van der Waals surface area contributed by atoms with Crippen molar-refractivity contribution in [3.05, 3.63) is 131 Å². The van der Waals surface area contributed by atoms with Gasteiger partial charge in [0.1, 0.15) is 5.75 Å². The Morgan fingerprint density at radius 1 is 0.788 bits per heavy atom. The molecule has 4 aromatic carbocycles. The van der Waals surface area contributed by atoms with Gasteiger partial charge in [0.25, 0.3) is 0 Å². The third-order valence-electron chi connectivity index (χ3n) is 5.62. The van der Waals surface area contributed by atoms with E-state index in [1.807, 2.05) is 96.8 Å². The van der Waals surface area contributed by atoms with Crippen LogP contribution in [-0.2, 0) is 6.54 Å². The van der Waals surface area contributed by atoms with E-state index < -0.39 is 0 Å². The maximum absolute atomic E-state index is 13.7. The van der Waals surface area contributed by atoms with Gasteiger partial charge in [0, 0.05) is 12.2 Å². The summed E-state index contributed by atoms with van der Waals surface area (Å²) in [7, 11) is 1.65. The highest BCUT2D eigenvalue weighted by molar-refractivity contribution is 5.90. The number of anilines is 1. The molecule has 0 unspecified atom stereocenters. The summed E-state index contributed by atoms with van der Waals surface area (Å²) in [5.41, 5.74) is 5.04. The minimum Gasteiger partial charge on any atom is -0.497 e. The number of amides is 2. The molecule has 0 atom stereocenters. The number of rotatable bonds is 7. The van der Waals surface area contributed by atoms with E-state index in [0.717, 1.165) is 33.7 Å². The number of nitrogens with one attached hydrogen (secondary N) is 1. The SMILES string of the molecule is COc1ccc(CN(C(=O)Nc2ccc(C)cc2)C(c2ccccc2)c2ccccc2)cc1. The Labute approximate surface area is 195 Å².